The molecule has 0 amide bonds. The van der Waals surface area contributed by atoms with Crippen LogP contribution in [-0.2, 0) is 6.42 Å². The molecule has 0 aliphatic heterocycles. The number of allylic oxidation sites excluding steroid dienone is 6. The fraction of sp³-hybridized carbons (Fsp3) is 0.360. The molecule has 0 aromatic heterocycles. The van der Waals surface area contributed by atoms with Gasteiger partial charge in [-0.25, -0.2) is 0 Å². The largest absolute Gasteiger partial charge is 0.103 e. The number of benzene rings is 3. The van der Waals surface area contributed by atoms with E-state index in [0.717, 1.165) is 36.0 Å². The zero-order valence-corrected chi connectivity index (χ0v) is 35.6. The van der Waals surface area contributed by atoms with Gasteiger partial charge >= 0.3 is 0 Å². The zero-order valence-electron chi connectivity index (χ0n) is 34.7. The fourth-order valence-electron chi connectivity index (χ4n) is 8.09. The summed E-state index contributed by atoms with van der Waals surface area (Å²) in [5.74, 6) is 3.86. The zero-order chi connectivity index (χ0) is 38.7. The van der Waals surface area contributed by atoms with Crippen LogP contribution in [0, 0.1) is 73.5 Å². The summed E-state index contributed by atoms with van der Waals surface area (Å²) in [7, 11) is -2.42. The third-order valence-electron chi connectivity index (χ3n) is 10.9. The van der Waals surface area contributed by atoms with Gasteiger partial charge in [0.1, 0.15) is 0 Å². The lowest BCUT2D eigenvalue weighted by molar-refractivity contribution is 0.983. The molecule has 0 nitrogen and oxygen atoms in total. The number of rotatable bonds is 11. The van der Waals surface area contributed by atoms with Crippen LogP contribution in [0.25, 0.3) is 28.9 Å². The second-order valence-corrected chi connectivity index (χ2v) is 17.2. The molecule has 1 heteroatoms. The molecule has 0 heterocycles. The first-order valence-electron chi connectivity index (χ1n) is 18.5. The standard InChI is InChI=1S/C50H64S/c1-20-24-25-29-51(48-40(18)34(12)38(16)45(30(5)6)41(48)19,49-43(27-22-3)35(13)33(11)39(17)46(49)31(7)8)50-44(28-23-4)37(15)36(14)42(26-21-2)47(50)32(9)10/h21-23,26-27H,4-5,7,9,20,24,28H2,1-3,6,8,10-19H3/b26-21+,27-22+. The van der Waals surface area contributed by atoms with Gasteiger partial charge in [-0.15, -0.1) is 6.58 Å². The minimum absolute atomic E-state index is 0.726. The van der Waals surface area contributed by atoms with Crippen LogP contribution in [0.2, 0.25) is 0 Å². The molecule has 0 aliphatic rings. The predicted octanol–water partition coefficient (Wildman–Crippen LogP) is 15.4. The molecule has 0 saturated carbocycles. The first-order chi connectivity index (χ1) is 23.9. The summed E-state index contributed by atoms with van der Waals surface area (Å²) in [4.78, 5) is 3.92. The summed E-state index contributed by atoms with van der Waals surface area (Å²) in [5, 5.41) is 4.28. The van der Waals surface area contributed by atoms with E-state index in [0.29, 0.717) is 0 Å². The van der Waals surface area contributed by atoms with Crippen LogP contribution >= 0.6 is 10.0 Å². The number of unbranched alkanes of at least 4 members (excludes halogenated alkanes) is 1. The Morgan fingerprint density at radius 1 is 0.569 bits per heavy atom. The van der Waals surface area contributed by atoms with Crippen LogP contribution < -0.4 is 0 Å². The molecule has 0 fully saturated rings. The molecule has 0 saturated heterocycles. The number of hydrogen-bond acceptors (Lipinski definition) is 0. The smallest absolute Gasteiger partial charge is 0.0244 e. The Labute approximate surface area is 314 Å². The highest BCUT2D eigenvalue weighted by molar-refractivity contribution is 8.37. The average Bonchev–Trinajstić information content (AvgIpc) is 3.06. The second kappa shape index (κ2) is 16.6. The first kappa shape index (κ1) is 41.4. The topological polar surface area (TPSA) is 0 Å². The van der Waals surface area contributed by atoms with Crippen LogP contribution in [0.15, 0.2) is 59.2 Å². The minimum Gasteiger partial charge on any atom is -0.103 e. The molecule has 0 radical (unpaired) electrons. The van der Waals surface area contributed by atoms with Crippen molar-refractivity contribution in [1.82, 2.24) is 0 Å². The first-order valence-corrected chi connectivity index (χ1v) is 20.1. The monoisotopic (exact) mass is 696 g/mol. The quantitative estimate of drug-likeness (QED) is 0.138. The molecule has 0 N–H and O–H groups in total. The maximum absolute atomic E-state index is 4.75. The third-order valence-corrected chi connectivity index (χ3v) is 14.7. The summed E-state index contributed by atoms with van der Waals surface area (Å²) >= 11 is 0. The summed E-state index contributed by atoms with van der Waals surface area (Å²) in [6, 6.07) is 0. The highest BCUT2D eigenvalue weighted by Crippen LogP contribution is 2.75. The van der Waals surface area contributed by atoms with Crippen molar-refractivity contribution in [3.05, 3.63) is 128 Å². The highest BCUT2D eigenvalue weighted by Gasteiger charge is 2.43. The molecular weight excluding hydrogens is 633 g/mol. The summed E-state index contributed by atoms with van der Waals surface area (Å²) < 4.78 is 0. The van der Waals surface area contributed by atoms with Crippen molar-refractivity contribution in [3.8, 4) is 11.2 Å². The Hall–Kier alpha value is -3.99. The highest BCUT2D eigenvalue weighted by atomic mass is 32.3. The molecule has 3 rings (SSSR count). The van der Waals surface area contributed by atoms with E-state index in [1.807, 2.05) is 0 Å². The molecule has 51 heavy (non-hydrogen) atoms. The Kier molecular flexibility index (Phi) is 13.5. The minimum atomic E-state index is -2.42. The SMILES string of the molecule is C=CCc1c(C)c(C)c(/C=C/C)c(C(=C)C)c1S(C#CCCC)(c1c(C)c(C)c(C)c(C(=C)C)c1C)c1c(/C=C/C)c(C)c(C)c(C)c1C(=C)C. The normalized spacial score (nSPS) is 13.2. The Bertz CT molecular complexity index is 2070. The van der Waals surface area contributed by atoms with E-state index in [2.05, 4.69) is 159 Å². The van der Waals surface area contributed by atoms with Crippen LogP contribution in [-0.4, -0.2) is 0 Å². The van der Waals surface area contributed by atoms with E-state index in [9.17, 15) is 0 Å². The van der Waals surface area contributed by atoms with Gasteiger partial charge in [-0.05, 0) is 210 Å². The third kappa shape index (κ3) is 6.98. The molecular formula is C50H64S. The lowest BCUT2D eigenvalue weighted by Gasteiger charge is -2.46. The van der Waals surface area contributed by atoms with Gasteiger partial charge in [0.05, 0.1) is 0 Å². The number of hydrogen-bond donors (Lipinski definition) is 0. The van der Waals surface area contributed by atoms with Crippen LogP contribution in [0.3, 0.4) is 0 Å². The lowest BCUT2D eigenvalue weighted by atomic mass is 9.88. The Balaban J connectivity index is 3.27. The van der Waals surface area contributed by atoms with Gasteiger partial charge < -0.3 is 0 Å². The maximum atomic E-state index is 4.75. The molecule has 1 unspecified atom stereocenters. The van der Waals surface area contributed by atoms with Gasteiger partial charge in [-0.2, -0.15) is 0 Å². The Morgan fingerprint density at radius 3 is 1.55 bits per heavy atom. The molecule has 270 valence electrons. The Morgan fingerprint density at radius 2 is 1.06 bits per heavy atom. The molecule has 0 bridgehead atoms. The van der Waals surface area contributed by atoms with E-state index in [1.54, 1.807) is 0 Å². The lowest BCUT2D eigenvalue weighted by Crippen LogP contribution is -2.18. The van der Waals surface area contributed by atoms with Gasteiger partial charge in [0, 0.05) is 21.1 Å². The van der Waals surface area contributed by atoms with Gasteiger partial charge in [-0.1, -0.05) is 78.6 Å². The molecule has 1 atom stereocenters. The van der Waals surface area contributed by atoms with Crippen LogP contribution in [0.5, 0.6) is 0 Å². The van der Waals surface area contributed by atoms with Crippen molar-refractivity contribution in [2.75, 3.05) is 0 Å². The van der Waals surface area contributed by atoms with Crippen molar-refractivity contribution in [2.45, 2.75) is 138 Å². The van der Waals surface area contributed by atoms with Crippen LogP contribution in [0.1, 0.15) is 138 Å². The van der Waals surface area contributed by atoms with Gasteiger partial charge in [0.2, 0.25) is 0 Å². The molecule has 3 aromatic carbocycles. The average molecular weight is 697 g/mol. The van der Waals surface area contributed by atoms with Gasteiger partial charge in [0.15, 0.2) is 0 Å². The van der Waals surface area contributed by atoms with Gasteiger partial charge in [0.25, 0.3) is 0 Å². The van der Waals surface area contributed by atoms with E-state index in [-0.39, 0.29) is 0 Å². The van der Waals surface area contributed by atoms with Crippen molar-refractivity contribution in [1.29, 1.82) is 0 Å². The van der Waals surface area contributed by atoms with E-state index in [1.165, 1.54) is 98.1 Å². The predicted molar refractivity (Wildman–Crippen MR) is 234 cm³/mol. The molecule has 3 aromatic rings. The van der Waals surface area contributed by atoms with Crippen molar-refractivity contribution >= 4 is 38.9 Å². The van der Waals surface area contributed by atoms with Crippen LogP contribution in [0.4, 0.5) is 0 Å². The second-order valence-electron chi connectivity index (χ2n) is 14.5. The molecule has 0 aliphatic carbocycles. The van der Waals surface area contributed by atoms with Crippen molar-refractivity contribution in [3.63, 3.8) is 0 Å². The van der Waals surface area contributed by atoms with Crippen molar-refractivity contribution < 1.29 is 0 Å². The maximum Gasteiger partial charge on any atom is 0.0244 e. The summed E-state index contributed by atoms with van der Waals surface area (Å²) in [6.45, 7) is 52.0. The summed E-state index contributed by atoms with van der Waals surface area (Å²) in [5.41, 5.74) is 22.2. The van der Waals surface area contributed by atoms with E-state index >= 15 is 0 Å². The van der Waals surface area contributed by atoms with E-state index in [4.69, 9.17) is 13.2 Å². The fourth-order valence-corrected chi connectivity index (χ4v) is 12.9. The molecule has 0 spiro atoms. The summed E-state index contributed by atoms with van der Waals surface area (Å²) in [6.07, 6.45) is 13.6. The van der Waals surface area contributed by atoms with Gasteiger partial charge in [-0.3, -0.25) is 0 Å². The van der Waals surface area contributed by atoms with Crippen molar-refractivity contribution in [2.24, 2.45) is 0 Å². The van der Waals surface area contributed by atoms with E-state index < -0.39 is 10.0 Å².